The lowest BCUT2D eigenvalue weighted by Crippen LogP contribution is -2.16. The summed E-state index contributed by atoms with van der Waals surface area (Å²) >= 11 is 1.45. The highest BCUT2D eigenvalue weighted by Crippen LogP contribution is 2.21. The lowest BCUT2D eigenvalue weighted by atomic mass is 10.2. The number of aromatic nitrogens is 1. The van der Waals surface area contributed by atoms with E-state index in [-0.39, 0.29) is 5.97 Å². The summed E-state index contributed by atoms with van der Waals surface area (Å²) in [6, 6.07) is 10.1. The monoisotopic (exact) mass is 276 g/mol. The van der Waals surface area contributed by atoms with Gasteiger partial charge in [-0.1, -0.05) is 30.3 Å². The molecule has 2 rings (SSSR count). The number of hydrogen-bond acceptors (Lipinski definition) is 5. The normalized spacial score (nSPS) is 10.2. The van der Waals surface area contributed by atoms with Crippen LogP contribution in [0.4, 0.5) is 5.13 Å². The van der Waals surface area contributed by atoms with Crippen molar-refractivity contribution in [3.05, 3.63) is 47.0 Å². The van der Waals surface area contributed by atoms with Crippen LogP contribution in [-0.2, 0) is 11.3 Å². The molecule has 0 N–H and O–H groups in total. The highest BCUT2D eigenvalue weighted by atomic mass is 32.1. The molecule has 1 aromatic carbocycles. The Bertz CT molecular complexity index is 539. The molecule has 0 unspecified atom stereocenters. The van der Waals surface area contributed by atoms with Crippen molar-refractivity contribution in [3.8, 4) is 0 Å². The molecule has 0 atom stereocenters. The first-order valence-electron chi connectivity index (χ1n) is 6.08. The van der Waals surface area contributed by atoms with Crippen LogP contribution in [0.5, 0.6) is 0 Å². The molecule has 0 radical (unpaired) electrons. The molecule has 0 amide bonds. The average molecular weight is 276 g/mol. The molecule has 0 saturated heterocycles. The highest BCUT2D eigenvalue weighted by Gasteiger charge is 2.13. The van der Waals surface area contributed by atoms with Gasteiger partial charge in [-0.25, -0.2) is 9.78 Å². The average Bonchev–Trinajstić information content (AvgIpc) is 2.90. The van der Waals surface area contributed by atoms with Crippen LogP contribution in [0, 0.1) is 0 Å². The molecule has 0 spiro atoms. The molecular formula is C14H16N2O2S. The standard InChI is InChI=1S/C14H16N2O2S/c1-3-18-13(17)12-10-19-14(15-12)16(2)9-11-7-5-4-6-8-11/h4-8,10H,3,9H2,1-2H3. The number of esters is 1. The molecule has 1 heterocycles. The van der Waals surface area contributed by atoms with Crippen LogP contribution in [0.1, 0.15) is 23.0 Å². The zero-order chi connectivity index (χ0) is 13.7. The number of carbonyl (C=O) groups is 1. The first kappa shape index (κ1) is 13.5. The predicted molar refractivity (Wildman–Crippen MR) is 76.6 cm³/mol. The third-order valence-corrected chi connectivity index (χ3v) is 3.52. The van der Waals surface area contributed by atoms with E-state index in [9.17, 15) is 4.79 Å². The van der Waals surface area contributed by atoms with E-state index in [1.165, 1.54) is 16.9 Å². The second kappa shape index (κ2) is 6.33. The number of hydrogen-bond donors (Lipinski definition) is 0. The van der Waals surface area contributed by atoms with E-state index < -0.39 is 0 Å². The maximum absolute atomic E-state index is 11.5. The van der Waals surface area contributed by atoms with Gasteiger partial charge in [0.25, 0.3) is 0 Å². The number of rotatable bonds is 5. The van der Waals surface area contributed by atoms with Crippen LogP contribution < -0.4 is 4.90 Å². The molecule has 100 valence electrons. The lowest BCUT2D eigenvalue weighted by molar-refractivity contribution is 0.0520. The summed E-state index contributed by atoms with van der Waals surface area (Å²) in [4.78, 5) is 17.9. The minimum absolute atomic E-state index is 0.363. The fourth-order valence-electron chi connectivity index (χ4n) is 1.66. The highest BCUT2D eigenvalue weighted by molar-refractivity contribution is 7.13. The second-order valence-corrected chi connectivity index (χ2v) is 4.91. The number of anilines is 1. The van der Waals surface area contributed by atoms with E-state index in [1.54, 1.807) is 12.3 Å². The van der Waals surface area contributed by atoms with Crippen molar-refractivity contribution < 1.29 is 9.53 Å². The van der Waals surface area contributed by atoms with E-state index in [1.807, 2.05) is 30.1 Å². The van der Waals surface area contributed by atoms with Crippen molar-refractivity contribution in [2.45, 2.75) is 13.5 Å². The molecule has 0 aliphatic rings. The number of carbonyl (C=O) groups excluding carboxylic acids is 1. The van der Waals surface area contributed by atoms with Gasteiger partial charge in [0.05, 0.1) is 6.61 Å². The third-order valence-electron chi connectivity index (χ3n) is 2.57. The summed E-state index contributed by atoms with van der Waals surface area (Å²) in [5.41, 5.74) is 1.58. The fourth-order valence-corrected chi connectivity index (χ4v) is 2.42. The minimum atomic E-state index is -0.363. The van der Waals surface area contributed by atoms with Gasteiger partial charge < -0.3 is 9.64 Å². The Kier molecular flexibility index (Phi) is 4.52. The van der Waals surface area contributed by atoms with Gasteiger partial charge >= 0.3 is 5.97 Å². The van der Waals surface area contributed by atoms with Crippen LogP contribution in [0.3, 0.4) is 0 Å². The maximum atomic E-state index is 11.5. The van der Waals surface area contributed by atoms with Crippen molar-refractivity contribution in [1.82, 2.24) is 4.98 Å². The van der Waals surface area contributed by atoms with Gasteiger partial charge in [0.15, 0.2) is 10.8 Å². The van der Waals surface area contributed by atoms with Crippen LogP contribution in [0.15, 0.2) is 35.7 Å². The van der Waals surface area contributed by atoms with E-state index >= 15 is 0 Å². The first-order chi connectivity index (χ1) is 9.20. The molecule has 5 heteroatoms. The number of nitrogens with zero attached hydrogens (tertiary/aromatic N) is 2. The third kappa shape index (κ3) is 3.54. The largest absolute Gasteiger partial charge is 0.461 e. The smallest absolute Gasteiger partial charge is 0.357 e. The van der Waals surface area contributed by atoms with Crippen molar-refractivity contribution in [2.75, 3.05) is 18.6 Å². The molecule has 0 aliphatic carbocycles. The molecular weight excluding hydrogens is 260 g/mol. The summed E-state index contributed by atoms with van der Waals surface area (Å²) in [7, 11) is 1.96. The fraction of sp³-hybridized carbons (Fsp3) is 0.286. The van der Waals surface area contributed by atoms with Crippen molar-refractivity contribution in [3.63, 3.8) is 0 Å². The zero-order valence-electron chi connectivity index (χ0n) is 11.0. The Morgan fingerprint density at radius 2 is 2.11 bits per heavy atom. The molecule has 0 saturated carbocycles. The SMILES string of the molecule is CCOC(=O)c1csc(N(C)Cc2ccccc2)n1. The molecule has 0 fully saturated rings. The molecule has 19 heavy (non-hydrogen) atoms. The quantitative estimate of drug-likeness (QED) is 0.787. The van der Waals surface area contributed by atoms with Gasteiger partial charge in [0.2, 0.25) is 0 Å². The summed E-state index contributed by atoms with van der Waals surface area (Å²) in [6.45, 7) is 2.91. The van der Waals surface area contributed by atoms with Gasteiger partial charge in [-0.3, -0.25) is 0 Å². The van der Waals surface area contributed by atoms with Crippen LogP contribution in [-0.4, -0.2) is 24.6 Å². The summed E-state index contributed by atoms with van der Waals surface area (Å²) in [5, 5.41) is 2.54. The lowest BCUT2D eigenvalue weighted by Gasteiger charge is -2.15. The summed E-state index contributed by atoms with van der Waals surface area (Å²) < 4.78 is 4.93. The summed E-state index contributed by atoms with van der Waals surface area (Å²) in [5.74, 6) is -0.363. The predicted octanol–water partition coefficient (Wildman–Crippen LogP) is 2.96. The van der Waals surface area contributed by atoms with E-state index in [0.29, 0.717) is 12.3 Å². The van der Waals surface area contributed by atoms with Gasteiger partial charge in [-0.05, 0) is 12.5 Å². The Morgan fingerprint density at radius 1 is 1.37 bits per heavy atom. The zero-order valence-corrected chi connectivity index (χ0v) is 11.8. The van der Waals surface area contributed by atoms with E-state index in [2.05, 4.69) is 17.1 Å². The number of benzene rings is 1. The second-order valence-electron chi connectivity index (χ2n) is 4.08. The molecule has 0 bridgehead atoms. The van der Waals surface area contributed by atoms with E-state index in [0.717, 1.165) is 11.7 Å². The first-order valence-corrected chi connectivity index (χ1v) is 6.96. The Labute approximate surface area is 116 Å². The minimum Gasteiger partial charge on any atom is -0.461 e. The number of ether oxygens (including phenoxy) is 1. The van der Waals surface area contributed by atoms with Crippen LogP contribution in [0.25, 0.3) is 0 Å². The van der Waals surface area contributed by atoms with Crippen LogP contribution in [0.2, 0.25) is 0 Å². The van der Waals surface area contributed by atoms with E-state index in [4.69, 9.17) is 4.74 Å². The van der Waals surface area contributed by atoms with Crippen LogP contribution >= 0.6 is 11.3 Å². The topological polar surface area (TPSA) is 42.4 Å². The number of thiazole rings is 1. The Morgan fingerprint density at radius 3 is 2.79 bits per heavy atom. The van der Waals surface area contributed by atoms with Gasteiger partial charge in [0.1, 0.15) is 0 Å². The maximum Gasteiger partial charge on any atom is 0.357 e. The molecule has 0 aliphatic heterocycles. The Hall–Kier alpha value is -1.88. The molecule has 1 aromatic heterocycles. The van der Waals surface area contributed by atoms with Gasteiger partial charge in [-0.15, -0.1) is 11.3 Å². The molecule has 2 aromatic rings. The van der Waals surface area contributed by atoms with Gasteiger partial charge in [0, 0.05) is 19.0 Å². The van der Waals surface area contributed by atoms with Crippen molar-refractivity contribution in [1.29, 1.82) is 0 Å². The summed E-state index contributed by atoms with van der Waals surface area (Å²) in [6.07, 6.45) is 0. The van der Waals surface area contributed by atoms with Crippen molar-refractivity contribution in [2.24, 2.45) is 0 Å². The van der Waals surface area contributed by atoms with Crippen molar-refractivity contribution >= 4 is 22.4 Å². The Balaban J connectivity index is 2.04. The van der Waals surface area contributed by atoms with Gasteiger partial charge in [-0.2, -0.15) is 0 Å². The molecule has 4 nitrogen and oxygen atoms in total.